The van der Waals surface area contributed by atoms with E-state index in [1.807, 2.05) is 0 Å². The van der Waals surface area contributed by atoms with Crippen LogP contribution >= 0.6 is 0 Å². The van der Waals surface area contributed by atoms with Crippen molar-refractivity contribution in [3.63, 3.8) is 0 Å². The number of H-pyrrole nitrogens is 1. The van der Waals surface area contributed by atoms with E-state index in [2.05, 4.69) is 31.2 Å². The lowest BCUT2D eigenvalue weighted by atomic mass is 10.1. The van der Waals surface area contributed by atoms with Gasteiger partial charge in [-0.15, -0.1) is 0 Å². The molecule has 1 aromatic rings. The molecule has 27 heavy (non-hydrogen) atoms. The molecule has 0 aromatic carbocycles. The number of cyclic esters (lactones) is 1. The van der Waals surface area contributed by atoms with E-state index in [0.717, 1.165) is 13.0 Å². The fourth-order valence-electron chi connectivity index (χ4n) is 3.08. The van der Waals surface area contributed by atoms with Crippen molar-refractivity contribution >= 4 is 23.8 Å². The first-order valence-corrected chi connectivity index (χ1v) is 8.77. The summed E-state index contributed by atoms with van der Waals surface area (Å²) in [5, 5.41) is 10.3. The van der Waals surface area contributed by atoms with Gasteiger partial charge in [-0.3, -0.25) is 19.7 Å². The zero-order valence-corrected chi connectivity index (χ0v) is 14.8. The first kappa shape index (κ1) is 18.8. The molecular formula is C16H22N6O5. The highest BCUT2D eigenvalue weighted by Crippen LogP contribution is 2.09. The van der Waals surface area contributed by atoms with E-state index in [9.17, 15) is 19.2 Å². The standard InChI is InChI=1S/C16H22N6O5/c1-8-12(21-16(26)27-8)15(25)20-11(5-9-6-17-7-19-9)14(24)22-13(23)10-3-2-4-18-10/h6-8,10-12,18H,2-5H2,1H3,(H,17,19)(H,20,25)(H,21,26)(H,22,23,24)/t8?,10-,11-,12?/m0/s1. The summed E-state index contributed by atoms with van der Waals surface area (Å²) in [4.78, 5) is 55.3. The third-order valence-corrected chi connectivity index (χ3v) is 4.55. The average Bonchev–Trinajstić information content (AvgIpc) is 3.36. The maximum atomic E-state index is 12.6. The van der Waals surface area contributed by atoms with Crippen LogP contribution in [-0.2, 0) is 25.5 Å². The minimum absolute atomic E-state index is 0.110. The Hall–Kier alpha value is -2.95. The predicted molar refractivity (Wildman–Crippen MR) is 91.3 cm³/mol. The Balaban J connectivity index is 1.66. The van der Waals surface area contributed by atoms with Gasteiger partial charge in [-0.25, -0.2) is 9.78 Å². The summed E-state index contributed by atoms with van der Waals surface area (Å²) in [5.41, 5.74) is 0.613. The number of rotatable bonds is 6. The maximum Gasteiger partial charge on any atom is 0.408 e. The molecule has 4 amide bonds. The summed E-state index contributed by atoms with van der Waals surface area (Å²) in [6.07, 6.45) is 3.23. The average molecular weight is 378 g/mol. The van der Waals surface area contributed by atoms with E-state index in [1.54, 1.807) is 6.92 Å². The Morgan fingerprint density at radius 3 is 2.78 bits per heavy atom. The molecule has 0 aliphatic carbocycles. The molecule has 2 aliphatic rings. The number of aromatic amines is 1. The first-order valence-electron chi connectivity index (χ1n) is 8.77. The number of imide groups is 1. The number of ether oxygens (including phenoxy) is 1. The summed E-state index contributed by atoms with van der Waals surface area (Å²) >= 11 is 0. The van der Waals surface area contributed by atoms with Crippen molar-refractivity contribution in [2.75, 3.05) is 6.54 Å². The zero-order chi connectivity index (χ0) is 19.4. The normalized spacial score (nSPS) is 25.4. The van der Waals surface area contributed by atoms with Crippen LogP contribution in [0.1, 0.15) is 25.5 Å². The molecule has 3 rings (SSSR count). The molecule has 0 spiro atoms. The zero-order valence-electron chi connectivity index (χ0n) is 14.8. The summed E-state index contributed by atoms with van der Waals surface area (Å²) in [6, 6.07) is -2.35. The van der Waals surface area contributed by atoms with Crippen LogP contribution in [0.15, 0.2) is 12.5 Å². The number of aromatic nitrogens is 2. The van der Waals surface area contributed by atoms with Crippen LogP contribution in [-0.4, -0.2) is 64.6 Å². The first-order chi connectivity index (χ1) is 12.9. The fourth-order valence-corrected chi connectivity index (χ4v) is 3.08. The molecule has 3 heterocycles. The van der Waals surface area contributed by atoms with Crippen LogP contribution in [0.25, 0.3) is 0 Å². The molecule has 11 nitrogen and oxygen atoms in total. The van der Waals surface area contributed by atoms with Gasteiger partial charge in [-0.05, 0) is 26.3 Å². The van der Waals surface area contributed by atoms with Crippen molar-refractivity contribution in [1.29, 1.82) is 0 Å². The highest BCUT2D eigenvalue weighted by molar-refractivity contribution is 6.02. The minimum atomic E-state index is -1.02. The van der Waals surface area contributed by atoms with Crippen molar-refractivity contribution in [3.8, 4) is 0 Å². The Morgan fingerprint density at radius 2 is 2.19 bits per heavy atom. The van der Waals surface area contributed by atoms with Crippen LogP contribution in [0.3, 0.4) is 0 Å². The van der Waals surface area contributed by atoms with Gasteiger partial charge in [-0.1, -0.05) is 0 Å². The molecule has 2 saturated heterocycles. The van der Waals surface area contributed by atoms with E-state index in [1.165, 1.54) is 12.5 Å². The molecule has 11 heteroatoms. The lowest BCUT2D eigenvalue weighted by Gasteiger charge is -2.21. The SMILES string of the molecule is CC1OC(=O)NC1C(=O)N[C@@H](Cc1cnc[nH]1)C(=O)NC(=O)[C@@H]1CCCN1. The lowest BCUT2D eigenvalue weighted by Crippen LogP contribution is -2.56. The molecule has 2 fully saturated rings. The van der Waals surface area contributed by atoms with Crippen molar-refractivity contribution in [2.45, 2.75) is 50.4 Å². The molecule has 1 aromatic heterocycles. The number of alkyl carbamates (subject to hydrolysis) is 1. The Morgan fingerprint density at radius 1 is 1.37 bits per heavy atom. The largest absolute Gasteiger partial charge is 0.444 e. The van der Waals surface area contributed by atoms with Crippen LogP contribution < -0.4 is 21.3 Å². The van der Waals surface area contributed by atoms with E-state index >= 15 is 0 Å². The van der Waals surface area contributed by atoms with Crippen molar-refractivity contribution in [3.05, 3.63) is 18.2 Å². The van der Waals surface area contributed by atoms with Gasteiger partial charge < -0.3 is 25.7 Å². The second-order valence-corrected chi connectivity index (χ2v) is 6.58. The molecule has 0 bridgehead atoms. The number of carbonyl (C=O) groups excluding carboxylic acids is 4. The predicted octanol–water partition coefficient (Wildman–Crippen LogP) is -1.67. The Labute approximate surface area is 155 Å². The molecule has 146 valence electrons. The molecular weight excluding hydrogens is 356 g/mol. The molecule has 2 unspecified atom stereocenters. The summed E-state index contributed by atoms with van der Waals surface area (Å²) in [7, 11) is 0. The third-order valence-electron chi connectivity index (χ3n) is 4.55. The molecule has 5 N–H and O–H groups in total. The minimum Gasteiger partial charge on any atom is -0.444 e. The second-order valence-electron chi connectivity index (χ2n) is 6.58. The number of nitrogens with one attached hydrogen (secondary N) is 5. The van der Waals surface area contributed by atoms with Gasteiger partial charge in [0.25, 0.3) is 0 Å². The van der Waals surface area contributed by atoms with Crippen molar-refractivity contribution < 1.29 is 23.9 Å². The smallest absolute Gasteiger partial charge is 0.408 e. The van der Waals surface area contributed by atoms with Crippen molar-refractivity contribution in [1.82, 2.24) is 31.2 Å². The van der Waals surface area contributed by atoms with Gasteiger partial charge in [0, 0.05) is 18.3 Å². The van der Waals surface area contributed by atoms with Crippen molar-refractivity contribution in [2.24, 2.45) is 0 Å². The maximum absolute atomic E-state index is 12.6. The fraction of sp³-hybridized carbons (Fsp3) is 0.562. The van der Waals surface area contributed by atoms with Gasteiger partial charge >= 0.3 is 6.09 Å². The molecule has 0 saturated carbocycles. The van der Waals surface area contributed by atoms with Gasteiger partial charge in [0.2, 0.25) is 17.7 Å². The molecule has 0 radical (unpaired) electrons. The van der Waals surface area contributed by atoms with Crippen LogP contribution in [0.4, 0.5) is 4.79 Å². The summed E-state index contributed by atoms with van der Waals surface area (Å²) < 4.78 is 4.88. The van der Waals surface area contributed by atoms with Crippen LogP contribution in [0, 0.1) is 0 Å². The number of amides is 4. The number of imidazole rings is 1. The second kappa shape index (κ2) is 8.16. The van der Waals surface area contributed by atoms with Gasteiger partial charge in [0.05, 0.1) is 12.4 Å². The van der Waals surface area contributed by atoms with E-state index in [0.29, 0.717) is 12.1 Å². The molecule has 4 atom stereocenters. The summed E-state index contributed by atoms with van der Waals surface area (Å²) in [6.45, 7) is 2.29. The van der Waals surface area contributed by atoms with E-state index in [-0.39, 0.29) is 6.42 Å². The number of carbonyl (C=O) groups is 4. The monoisotopic (exact) mass is 378 g/mol. The van der Waals surface area contributed by atoms with Crippen LogP contribution in [0.2, 0.25) is 0 Å². The highest BCUT2D eigenvalue weighted by Gasteiger charge is 2.38. The summed E-state index contributed by atoms with van der Waals surface area (Å²) in [5.74, 6) is -1.62. The van der Waals surface area contributed by atoms with Gasteiger partial charge in [-0.2, -0.15) is 0 Å². The van der Waals surface area contributed by atoms with E-state index in [4.69, 9.17) is 4.74 Å². The number of hydrogen-bond donors (Lipinski definition) is 5. The van der Waals surface area contributed by atoms with Gasteiger partial charge in [0.15, 0.2) is 0 Å². The third kappa shape index (κ3) is 4.61. The number of hydrogen-bond acceptors (Lipinski definition) is 7. The molecule has 2 aliphatic heterocycles. The Kier molecular flexibility index (Phi) is 5.69. The topological polar surface area (TPSA) is 154 Å². The lowest BCUT2D eigenvalue weighted by molar-refractivity contribution is -0.135. The Bertz CT molecular complexity index is 715. The highest BCUT2D eigenvalue weighted by atomic mass is 16.6. The quantitative estimate of drug-likeness (QED) is 0.396. The number of nitrogens with zero attached hydrogens (tertiary/aromatic N) is 1. The van der Waals surface area contributed by atoms with Gasteiger partial charge in [0.1, 0.15) is 18.2 Å². The van der Waals surface area contributed by atoms with E-state index < -0.39 is 48.0 Å². The van der Waals surface area contributed by atoms with Crippen LogP contribution in [0.5, 0.6) is 0 Å².